The molecular formula is C15H17N3O2. The van der Waals surface area contributed by atoms with E-state index in [1.807, 2.05) is 26.0 Å². The maximum absolute atomic E-state index is 10.9. The highest BCUT2D eigenvalue weighted by molar-refractivity contribution is 5.50. The Balaban J connectivity index is 2.26. The van der Waals surface area contributed by atoms with Crippen molar-refractivity contribution in [3.63, 3.8) is 0 Å². The third-order valence-corrected chi connectivity index (χ3v) is 3.26. The van der Waals surface area contributed by atoms with E-state index < -0.39 is 0 Å². The molecule has 0 radical (unpaired) electrons. The third-order valence-electron chi connectivity index (χ3n) is 3.26. The molecule has 0 amide bonds. The fourth-order valence-electron chi connectivity index (χ4n) is 2.08. The Morgan fingerprint density at radius 3 is 2.85 bits per heavy atom. The molecule has 104 valence electrons. The number of nitro benzene ring substituents is 1. The second kappa shape index (κ2) is 6.14. The third kappa shape index (κ3) is 3.12. The van der Waals surface area contributed by atoms with Crippen LogP contribution in [0.15, 0.2) is 42.7 Å². The van der Waals surface area contributed by atoms with Gasteiger partial charge in [-0.3, -0.25) is 15.1 Å². The van der Waals surface area contributed by atoms with Gasteiger partial charge in [0.05, 0.1) is 22.8 Å². The van der Waals surface area contributed by atoms with E-state index >= 15 is 0 Å². The average molecular weight is 271 g/mol. The van der Waals surface area contributed by atoms with Crippen LogP contribution in [0.3, 0.4) is 0 Å². The summed E-state index contributed by atoms with van der Waals surface area (Å²) in [5.41, 5.74) is 3.07. The Morgan fingerprint density at radius 1 is 1.40 bits per heavy atom. The van der Waals surface area contributed by atoms with E-state index in [-0.39, 0.29) is 16.7 Å². The zero-order chi connectivity index (χ0) is 14.5. The van der Waals surface area contributed by atoms with Gasteiger partial charge in [-0.2, -0.15) is 0 Å². The van der Waals surface area contributed by atoms with Gasteiger partial charge in [-0.25, -0.2) is 0 Å². The standard InChI is InChI=1S/C15H17N3O2/c1-3-14(17-15-10-16-8-7-11(15)2)12-5-4-6-13(9-12)18(19)20/h4-10,14,17H,3H2,1-2H3. The van der Waals surface area contributed by atoms with Crippen LogP contribution in [0.1, 0.15) is 30.5 Å². The van der Waals surface area contributed by atoms with Crippen LogP contribution in [0.25, 0.3) is 0 Å². The van der Waals surface area contributed by atoms with Crippen LogP contribution in [0, 0.1) is 17.0 Å². The molecule has 20 heavy (non-hydrogen) atoms. The number of pyridine rings is 1. The van der Waals surface area contributed by atoms with Crippen molar-refractivity contribution in [2.24, 2.45) is 0 Å². The first-order chi connectivity index (χ1) is 9.61. The number of nitrogens with zero attached hydrogens (tertiary/aromatic N) is 2. The van der Waals surface area contributed by atoms with E-state index in [9.17, 15) is 10.1 Å². The van der Waals surface area contributed by atoms with Gasteiger partial charge in [0.15, 0.2) is 0 Å². The first-order valence-electron chi connectivity index (χ1n) is 6.53. The molecule has 2 rings (SSSR count). The van der Waals surface area contributed by atoms with Crippen LogP contribution in [0.4, 0.5) is 11.4 Å². The van der Waals surface area contributed by atoms with E-state index in [1.165, 1.54) is 6.07 Å². The van der Waals surface area contributed by atoms with Crippen LogP contribution >= 0.6 is 0 Å². The lowest BCUT2D eigenvalue weighted by atomic mass is 10.0. The summed E-state index contributed by atoms with van der Waals surface area (Å²) in [6, 6.07) is 8.70. The van der Waals surface area contributed by atoms with Crippen molar-refractivity contribution in [2.45, 2.75) is 26.3 Å². The highest BCUT2D eigenvalue weighted by atomic mass is 16.6. The predicted molar refractivity (Wildman–Crippen MR) is 78.7 cm³/mol. The van der Waals surface area contributed by atoms with Crippen molar-refractivity contribution < 1.29 is 4.92 Å². The van der Waals surface area contributed by atoms with Gasteiger partial charge < -0.3 is 5.32 Å². The minimum atomic E-state index is -0.370. The number of aryl methyl sites for hydroxylation is 1. The predicted octanol–water partition coefficient (Wildman–Crippen LogP) is 3.86. The maximum Gasteiger partial charge on any atom is 0.269 e. The van der Waals surface area contributed by atoms with Gasteiger partial charge >= 0.3 is 0 Å². The molecule has 5 heteroatoms. The first-order valence-corrected chi connectivity index (χ1v) is 6.53. The van der Waals surface area contributed by atoms with Gasteiger partial charge in [0.25, 0.3) is 5.69 Å². The van der Waals surface area contributed by atoms with Crippen LogP contribution in [-0.2, 0) is 0 Å². The average Bonchev–Trinajstić information content (AvgIpc) is 2.46. The van der Waals surface area contributed by atoms with Crippen molar-refractivity contribution >= 4 is 11.4 Å². The lowest BCUT2D eigenvalue weighted by Gasteiger charge is -2.19. The Bertz CT molecular complexity index is 614. The molecule has 0 aliphatic carbocycles. The number of benzene rings is 1. The highest BCUT2D eigenvalue weighted by Gasteiger charge is 2.14. The number of non-ortho nitro benzene ring substituents is 1. The quantitative estimate of drug-likeness (QED) is 0.662. The summed E-state index contributed by atoms with van der Waals surface area (Å²) in [5.74, 6) is 0. The zero-order valence-electron chi connectivity index (χ0n) is 11.5. The molecule has 0 aliphatic heterocycles. The van der Waals surface area contributed by atoms with Gasteiger partial charge in [-0.1, -0.05) is 19.1 Å². The fraction of sp³-hybridized carbons (Fsp3) is 0.267. The molecular weight excluding hydrogens is 254 g/mol. The number of rotatable bonds is 5. The normalized spacial score (nSPS) is 11.9. The molecule has 0 bridgehead atoms. The van der Waals surface area contributed by atoms with Gasteiger partial charge in [0.1, 0.15) is 0 Å². The minimum Gasteiger partial charge on any atom is -0.377 e. The topological polar surface area (TPSA) is 68.1 Å². The number of hydrogen-bond acceptors (Lipinski definition) is 4. The van der Waals surface area contributed by atoms with E-state index in [0.29, 0.717) is 0 Å². The molecule has 2 aromatic rings. The number of nitro groups is 1. The number of hydrogen-bond donors (Lipinski definition) is 1. The van der Waals surface area contributed by atoms with Crippen LogP contribution < -0.4 is 5.32 Å². The molecule has 0 saturated carbocycles. The largest absolute Gasteiger partial charge is 0.377 e. The summed E-state index contributed by atoms with van der Waals surface area (Å²) < 4.78 is 0. The molecule has 1 heterocycles. The van der Waals surface area contributed by atoms with E-state index in [0.717, 1.165) is 23.2 Å². The molecule has 1 aromatic carbocycles. The van der Waals surface area contributed by atoms with Crippen LogP contribution in [0.2, 0.25) is 0 Å². The van der Waals surface area contributed by atoms with Gasteiger partial charge in [-0.05, 0) is 30.5 Å². The molecule has 1 unspecified atom stereocenters. The van der Waals surface area contributed by atoms with Crippen LogP contribution in [0.5, 0.6) is 0 Å². The summed E-state index contributed by atoms with van der Waals surface area (Å²) in [5, 5.41) is 14.2. The highest BCUT2D eigenvalue weighted by Crippen LogP contribution is 2.26. The molecule has 0 fully saturated rings. The van der Waals surface area contributed by atoms with E-state index in [4.69, 9.17) is 0 Å². The summed E-state index contributed by atoms with van der Waals surface area (Å²) in [4.78, 5) is 14.6. The molecule has 5 nitrogen and oxygen atoms in total. The fourth-order valence-corrected chi connectivity index (χ4v) is 2.08. The summed E-state index contributed by atoms with van der Waals surface area (Å²) >= 11 is 0. The number of aromatic nitrogens is 1. The maximum atomic E-state index is 10.9. The Kier molecular flexibility index (Phi) is 4.30. The first kappa shape index (κ1) is 14.0. The monoisotopic (exact) mass is 271 g/mol. The second-order valence-corrected chi connectivity index (χ2v) is 4.65. The lowest BCUT2D eigenvalue weighted by Crippen LogP contribution is -2.11. The minimum absolute atomic E-state index is 0.0257. The van der Waals surface area contributed by atoms with Crippen molar-refractivity contribution in [2.75, 3.05) is 5.32 Å². The Hall–Kier alpha value is -2.43. The van der Waals surface area contributed by atoms with Crippen LogP contribution in [-0.4, -0.2) is 9.91 Å². The van der Waals surface area contributed by atoms with Crippen molar-refractivity contribution in [1.29, 1.82) is 0 Å². The Labute approximate surface area is 117 Å². The molecule has 0 spiro atoms. The van der Waals surface area contributed by atoms with Gasteiger partial charge in [0, 0.05) is 18.3 Å². The van der Waals surface area contributed by atoms with Crippen molar-refractivity contribution in [3.8, 4) is 0 Å². The van der Waals surface area contributed by atoms with Gasteiger partial charge in [0.2, 0.25) is 0 Å². The lowest BCUT2D eigenvalue weighted by molar-refractivity contribution is -0.384. The summed E-state index contributed by atoms with van der Waals surface area (Å²) in [6.07, 6.45) is 4.35. The molecule has 1 N–H and O–H groups in total. The zero-order valence-corrected chi connectivity index (χ0v) is 11.5. The second-order valence-electron chi connectivity index (χ2n) is 4.65. The van der Waals surface area contributed by atoms with E-state index in [2.05, 4.69) is 10.3 Å². The Morgan fingerprint density at radius 2 is 2.20 bits per heavy atom. The van der Waals surface area contributed by atoms with Crippen molar-refractivity contribution in [1.82, 2.24) is 4.98 Å². The number of nitrogens with one attached hydrogen (secondary N) is 1. The number of anilines is 1. The molecule has 1 aromatic heterocycles. The summed E-state index contributed by atoms with van der Waals surface area (Å²) in [7, 11) is 0. The molecule has 0 aliphatic rings. The molecule has 1 atom stereocenters. The molecule has 0 saturated heterocycles. The van der Waals surface area contributed by atoms with Crippen molar-refractivity contribution in [3.05, 3.63) is 64.0 Å². The van der Waals surface area contributed by atoms with E-state index in [1.54, 1.807) is 24.5 Å². The van der Waals surface area contributed by atoms with Gasteiger partial charge in [-0.15, -0.1) is 0 Å². The SMILES string of the molecule is CCC(Nc1cnccc1C)c1cccc([N+](=O)[O-])c1. The smallest absolute Gasteiger partial charge is 0.269 e. The summed E-state index contributed by atoms with van der Waals surface area (Å²) in [6.45, 7) is 4.05.